The smallest absolute Gasteiger partial charge is 0.173 e. The molecule has 2 unspecified atom stereocenters. The van der Waals surface area contributed by atoms with Crippen molar-refractivity contribution >= 4 is 44.3 Å². The van der Waals surface area contributed by atoms with Crippen molar-refractivity contribution in [2.24, 2.45) is 15.8 Å². The Kier molecular flexibility index (Phi) is 7.30. The number of rotatable bonds is 6. The number of hydrogen-bond donors (Lipinski definition) is 0. The van der Waals surface area contributed by atoms with E-state index in [1.165, 1.54) is 11.8 Å². The Balaban J connectivity index is 1.85. The molecule has 1 heterocycles. The lowest BCUT2D eigenvalue weighted by Crippen LogP contribution is -2.43. The van der Waals surface area contributed by atoms with Gasteiger partial charge in [-0.15, -0.1) is 18.3 Å². The number of carbonyl (C=O) groups excluding carboxylic acids is 2. The molecule has 0 fully saturated rings. The van der Waals surface area contributed by atoms with E-state index in [1.54, 1.807) is 18.2 Å². The third-order valence-corrected chi connectivity index (χ3v) is 8.27. The second kappa shape index (κ2) is 10.1. The fourth-order valence-electron chi connectivity index (χ4n) is 5.02. The fourth-order valence-corrected chi connectivity index (χ4v) is 6.40. The van der Waals surface area contributed by atoms with E-state index in [4.69, 9.17) is 4.99 Å². The summed E-state index contributed by atoms with van der Waals surface area (Å²) in [5.74, 6) is -0.301. The largest absolute Gasteiger partial charge is 0.294 e. The standard InChI is InChI=1S/C29H27BrN2O2S/c1-4-14-29(18-31)26(20-10-12-21(30)13-11-20)25-22(15-28(2,3)16-23(25)33)32-27(29)35-17-24(34)19-8-6-5-7-9-19/h4-13,26H,1,14-17H2,2-3H3. The van der Waals surface area contributed by atoms with Crippen LogP contribution in [0, 0.1) is 22.2 Å². The van der Waals surface area contributed by atoms with Crippen LogP contribution in [0.2, 0.25) is 0 Å². The Labute approximate surface area is 219 Å². The number of hydrogen-bond acceptors (Lipinski definition) is 5. The summed E-state index contributed by atoms with van der Waals surface area (Å²) in [6, 6.07) is 19.5. The van der Waals surface area contributed by atoms with Crippen LogP contribution in [0.1, 0.15) is 54.9 Å². The molecule has 0 amide bonds. The molecule has 2 aromatic carbocycles. The van der Waals surface area contributed by atoms with Gasteiger partial charge in [0.1, 0.15) is 5.41 Å². The molecule has 0 radical (unpaired) electrons. The number of thioether (sulfide) groups is 1. The van der Waals surface area contributed by atoms with E-state index in [-0.39, 0.29) is 22.7 Å². The number of Topliss-reactive ketones (excluding diaryl/α,β-unsaturated/α-hetero) is 2. The van der Waals surface area contributed by atoms with Gasteiger partial charge in [-0.3, -0.25) is 9.59 Å². The summed E-state index contributed by atoms with van der Waals surface area (Å²) in [6.45, 7) is 8.06. The van der Waals surface area contributed by atoms with E-state index >= 15 is 0 Å². The van der Waals surface area contributed by atoms with Crippen molar-refractivity contribution in [3.63, 3.8) is 0 Å². The minimum atomic E-state index is -1.12. The number of halogens is 1. The zero-order valence-electron chi connectivity index (χ0n) is 19.9. The van der Waals surface area contributed by atoms with Crippen LogP contribution >= 0.6 is 27.7 Å². The topological polar surface area (TPSA) is 70.3 Å². The van der Waals surface area contributed by atoms with Crippen LogP contribution in [0.15, 0.2) is 88.0 Å². The summed E-state index contributed by atoms with van der Waals surface area (Å²) < 4.78 is 0.922. The molecule has 0 spiro atoms. The SMILES string of the molecule is C=CCC1(C#N)C(SCC(=O)c2ccccc2)=NC2=C(C(=O)CC(C)(C)C2)C1c1ccc(Br)cc1. The quantitative estimate of drug-likeness (QED) is 0.281. The van der Waals surface area contributed by atoms with Crippen molar-refractivity contribution in [3.05, 3.63) is 94.1 Å². The maximum absolute atomic E-state index is 13.5. The first-order valence-corrected chi connectivity index (χ1v) is 13.3. The average molecular weight is 548 g/mol. The summed E-state index contributed by atoms with van der Waals surface area (Å²) in [5.41, 5.74) is 1.55. The molecule has 0 saturated carbocycles. The lowest BCUT2D eigenvalue weighted by molar-refractivity contribution is -0.118. The van der Waals surface area contributed by atoms with Crippen LogP contribution < -0.4 is 0 Å². The molecule has 0 bridgehead atoms. The molecule has 35 heavy (non-hydrogen) atoms. The van der Waals surface area contributed by atoms with Gasteiger partial charge >= 0.3 is 0 Å². The molecule has 1 aliphatic carbocycles. The summed E-state index contributed by atoms with van der Waals surface area (Å²) in [5, 5.41) is 11.3. The van der Waals surface area contributed by atoms with E-state index < -0.39 is 11.3 Å². The van der Waals surface area contributed by atoms with Crippen molar-refractivity contribution in [1.29, 1.82) is 5.26 Å². The minimum absolute atomic E-state index is 0.0243. The Morgan fingerprint density at radius 3 is 2.51 bits per heavy atom. The Morgan fingerprint density at radius 2 is 1.89 bits per heavy atom. The first kappa shape index (κ1) is 25.3. The molecule has 4 rings (SSSR count). The molecular weight excluding hydrogens is 520 g/mol. The minimum Gasteiger partial charge on any atom is -0.294 e. The summed E-state index contributed by atoms with van der Waals surface area (Å²) in [6.07, 6.45) is 3.10. The highest BCUT2D eigenvalue weighted by atomic mass is 79.9. The number of carbonyl (C=O) groups is 2. The van der Waals surface area contributed by atoms with Crippen molar-refractivity contribution in [2.45, 2.75) is 39.0 Å². The molecule has 2 aliphatic rings. The van der Waals surface area contributed by atoms with Crippen LogP contribution in [-0.4, -0.2) is 22.4 Å². The first-order valence-electron chi connectivity index (χ1n) is 11.5. The third kappa shape index (κ3) is 4.98. The van der Waals surface area contributed by atoms with Crippen molar-refractivity contribution in [2.75, 3.05) is 5.75 Å². The summed E-state index contributed by atoms with van der Waals surface area (Å²) in [7, 11) is 0. The van der Waals surface area contributed by atoms with Crippen LogP contribution in [0.3, 0.4) is 0 Å². The zero-order valence-corrected chi connectivity index (χ0v) is 22.3. The van der Waals surface area contributed by atoms with E-state index in [0.29, 0.717) is 35.4 Å². The molecule has 6 heteroatoms. The molecular formula is C29H27BrN2O2S. The highest BCUT2D eigenvalue weighted by Crippen LogP contribution is 2.55. The van der Waals surface area contributed by atoms with Crippen LogP contribution in [0.25, 0.3) is 0 Å². The van der Waals surface area contributed by atoms with E-state index in [2.05, 4.69) is 42.4 Å². The predicted molar refractivity (Wildman–Crippen MR) is 145 cm³/mol. The summed E-state index contributed by atoms with van der Waals surface area (Å²) in [4.78, 5) is 31.4. The van der Waals surface area contributed by atoms with Gasteiger partial charge in [0.25, 0.3) is 0 Å². The van der Waals surface area contributed by atoms with Crippen LogP contribution in [-0.2, 0) is 4.79 Å². The molecule has 0 aromatic heterocycles. The lowest BCUT2D eigenvalue weighted by atomic mass is 9.61. The van der Waals surface area contributed by atoms with Gasteiger partial charge in [0.2, 0.25) is 0 Å². The van der Waals surface area contributed by atoms with Crippen molar-refractivity contribution in [1.82, 2.24) is 0 Å². The number of ketones is 2. The Morgan fingerprint density at radius 1 is 1.20 bits per heavy atom. The van der Waals surface area contributed by atoms with E-state index in [0.717, 1.165) is 15.7 Å². The number of benzene rings is 2. The molecule has 178 valence electrons. The van der Waals surface area contributed by atoms with Crippen LogP contribution in [0.5, 0.6) is 0 Å². The third-order valence-electron chi connectivity index (χ3n) is 6.60. The van der Waals surface area contributed by atoms with Crippen molar-refractivity contribution < 1.29 is 9.59 Å². The van der Waals surface area contributed by atoms with Crippen molar-refractivity contribution in [3.8, 4) is 6.07 Å². The predicted octanol–water partition coefficient (Wildman–Crippen LogP) is 7.29. The van der Waals surface area contributed by atoms with Gasteiger partial charge in [0.05, 0.1) is 16.9 Å². The Bertz CT molecular complexity index is 1270. The first-order chi connectivity index (χ1) is 16.7. The molecule has 0 N–H and O–H groups in total. The fraction of sp³-hybridized carbons (Fsp3) is 0.310. The van der Waals surface area contributed by atoms with Gasteiger partial charge in [-0.25, -0.2) is 4.99 Å². The average Bonchev–Trinajstić information content (AvgIpc) is 2.83. The van der Waals surface area contributed by atoms with Gasteiger partial charge in [-0.1, -0.05) is 78.3 Å². The zero-order chi connectivity index (χ0) is 25.2. The Hall–Kier alpha value is -2.75. The number of nitriles is 1. The normalized spacial score (nSPS) is 23.2. The maximum Gasteiger partial charge on any atom is 0.173 e. The molecule has 2 atom stereocenters. The van der Waals surface area contributed by atoms with Gasteiger partial charge < -0.3 is 0 Å². The number of nitrogens with zero attached hydrogens (tertiary/aromatic N) is 2. The van der Waals surface area contributed by atoms with Gasteiger partial charge in [-0.2, -0.15) is 5.26 Å². The highest BCUT2D eigenvalue weighted by molar-refractivity contribution is 9.10. The van der Waals surface area contributed by atoms with Crippen LogP contribution in [0.4, 0.5) is 0 Å². The monoisotopic (exact) mass is 546 g/mol. The molecule has 0 saturated heterocycles. The second-order valence-corrected chi connectivity index (χ2v) is 11.7. The van der Waals surface area contributed by atoms with Gasteiger partial charge in [0, 0.05) is 33.6 Å². The second-order valence-electron chi connectivity index (χ2n) is 9.86. The lowest BCUT2D eigenvalue weighted by Gasteiger charge is -2.44. The maximum atomic E-state index is 13.5. The molecule has 2 aromatic rings. The highest BCUT2D eigenvalue weighted by Gasteiger charge is 2.52. The van der Waals surface area contributed by atoms with E-state index in [1.807, 2.05) is 42.5 Å². The number of aliphatic imine (C=N–C) groups is 1. The van der Waals surface area contributed by atoms with E-state index in [9.17, 15) is 14.9 Å². The number of allylic oxidation sites excluding steroid dienone is 3. The van der Waals surface area contributed by atoms with Gasteiger partial charge in [-0.05, 0) is 36.0 Å². The molecule has 1 aliphatic heterocycles. The van der Waals surface area contributed by atoms with Gasteiger partial charge in [0.15, 0.2) is 11.6 Å². The summed E-state index contributed by atoms with van der Waals surface area (Å²) >= 11 is 4.80. The molecule has 4 nitrogen and oxygen atoms in total.